The van der Waals surface area contributed by atoms with E-state index in [1.165, 1.54) is 10.8 Å². The summed E-state index contributed by atoms with van der Waals surface area (Å²) in [6.45, 7) is 8.21. The van der Waals surface area contributed by atoms with Crippen molar-refractivity contribution in [3.63, 3.8) is 0 Å². The second-order valence-corrected chi connectivity index (χ2v) is 6.44. The Balaban J connectivity index is 1.61. The molecule has 0 spiro atoms. The molecule has 2 aromatic heterocycles. The van der Waals surface area contributed by atoms with Crippen molar-refractivity contribution in [1.29, 1.82) is 0 Å². The van der Waals surface area contributed by atoms with Crippen LogP contribution < -0.4 is 16.6 Å². The van der Waals surface area contributed by atoms with E-state index in [1.54, 1.807) is 17.8 Å². The zero-order chi connectivity index (χ0) is 18.8. The average Bonchev–Trinajstić information content (AvgIpc) is 3.14. The third kappa shape index (κ3) is 3.69. The van der Waals surface area contributed by atoms with Crippen LogP contribution in [0.5, 0.6) is 0 Å². The largest absolute Gasteiger partial charge is 0.390 e. The lowest BCUT2D eigenvalue weighted by atomic mass is 10.1. The van der Waals surface area contributed by atoms with Gasteiger partial charge in [-0.1, -0.05) is 6.58 Å². The Kier molecular flexibility index (Phi) is 5.21. The quantitative estimate of drug-likeness (QED) is 0.661. The van der Waals surface area contributed by atoms with Crippen LogP contribution in [0.2, 0.25) is 0 Å². The number of nitrogens with zero attached hydrogens (tertiary/aromatic N) is 3. The van der Waals surface area contributed by atoms with Crippen molar-refractivity contribution in [2.24, 2.45) is 0 Å². The Morgan fingerprint density at radius 1 is 1.46 bits per heavy atom. The van der Waals surface area contributed by atoms with Crippen molar-refractivity contribution < 1.29 is 9.84 Å². The summed E-state index contributed by atoms with van der Waals surface area (Å²) >= 11 is 0. The molecule has 0 radical (unpaired) electrons. The summed E-state index contributed by atoms with van der Waals surface area (Å²) in [6, 6.07) is 0. The number of aromatic amines is 1. The number of aliphatic hydroxyl groups excluding tert-OH is 1. The van der Waals surface area contributed by atoms with Gasteiger partial charge in [0.25, 0.3) is 5.56 Å². The molecule has 3 heterocycles. The number of nitrogens with one attached hydrogen (secondary N) is 2. The predicted octanol–water partition coefficient (Wildman–Crippen LogP) is -0.111. The lowest BCUT2D eigenvalue weighted by molar-refractivity contribution is -0.0194. The maximum absolute atomic E-state index is 12.0. The van der Waals surface area contributed by atoms with Gasteiger partial charge >= 0.3 is 5.69 Å². The van der Waals surface area contributed by atoms with E-state index < -0.39 is 29.7 Å². The molecule has 0 amide bonds. The van der Waals surface area contributed by atoms with Crippen LogP contribution in [0.15, 0.2) is 28.6 Å². The van der Waals surface area contributed by atoms with Crippen molar-refractivity contribution in [2.75, 3.05) is 6.54 Å². The zero-order valence-corrected chi connectivity index (χ0v) is 14.8. The van der Waals surface area contributed by atoms with E-state index in [1.807, 2.05) is 13.1 Å². The van der Waals surface area contributed by atoms with Gasteiger partial charge in [0.1, 0.15) is 6.23 Å². The maximum Gasteiger partial charge on any atom is 0.330 e. The monoisotopic (exact) mass is 361 g/mol. The minimum atomic E-state index is -0.705. The number of rotatable bonds is 6. The molecule has 1 saturated heterocycles. The molecule has 1 fully saturated rings. The average molecular weight is 361 g/mol. The van der Waals surface area contributed by atoms with Crippen molar-refractivity contribution in [1.82, 2.24) is 24.6 Å². The highest BCUT2D eigenvalue weighted by molar-refractivity contribution is 5.23. The lowest BCUT2D eigenvalue weighted by Crippen LogP contribution is -2.35. The molecule has 0 saturated carbocycles. The molecule has 3 rings (SSSR count). The van der Waals surface area contributed by atoms with Crippen LogP contribution in [0.1, 0.15) is 29.5 Å². The van der Waals surface area contributed by atoms with Gasteiger partial charge in [-0.25, -0.2) is 9.48 Å². The van der Waals surface area contributed by atoms with Crippen LogP contribution in [0.25, 0.3) is 6.20 Å². The molecule has 1 aliphatic rings. The maximum atomic E-state index is 12.0. The first-order chi connectivity index (χ1) is 12.4. The highest BCUT2D eigenvalue weighted by Gasteiger charge is 2.35. The summed E-state index contributed by atoms with van der Waals surface area (Å²) in [6.07, 6.45) is 3.48. The van der Waals surface area contributed by atoms with Gasteiger partial charge in [-0.15, -0.1) is 0 Å². The van der Waals surface area contributed by atoms with E-state index >= 15 is 0 Å². The van der Waals surface area contributed by atoms with Crippen molar-refractivity contribution in [2.45, 2.75) is 45.2 Å². The van der Waals surface area contributed by atoms with Gasteiger partial charge in [0, 0.05) is 49.2 Å². The van der Waals surface area contributed by atoms with Crippen molar-refractivity contribution >= 4 is 6.20 Å². The smallest absolute Gasteiger partial charge is 0.330 e. The number of hydrogen-bond donors (Lipinski definition) is 3. The third-order valence-corrected chi connectivity index (χ3v) is 4.53. The van der Waals surface area contributed by atoms with Gasteiger partial charge in [-0.2, -0.15) is 5.10 Å². The first kappa shape index (κ1) is 18.3. The number of hydrogen-bond acceptors (Lipinski definition) is 6. The minimum absolute atomic E-state index is 0.283. The summed E-state index contributed by atoms with van der Waals surface area (Å²) in [5.41, 5.74) is 1.39. The minimum Gasteiger partial charge on any atom is -0.390 e. The van der Waals surface area contributed by atoms with Gasteiger partial charge in [0.2, 0.25) is 0 Å². The number of aryl methyl sites for hydroxylation is 2. The second-order valence-electron chi connectivity index (χ2n) is 6.44. The molecule has 1 aliphatic heterocycles. The standard InChI is InChI=1S/C17H23N5O4/c1-4-21-9-12(11(3)20-21)6-18-7-14-13(23)5-15(26-14)22-8-10(2)16(24)19-17(22)25/h4,8-9,13-15,18,23H,1,5-7H2,2-3H3,(H,19,24,25)/t13-,14+,15+/m0/s1. The summed E-state index contributed by atoms with van der Waals surface area (Å²) in [7, 11) is 0. The molecule has 0 aromatic carbocycles. The Hall–Kier alpha value is -2.49. The van der Waals surface area contributed by atoms with E-state index in [0.717, 1.165) is 11.3 Å². The molecule has 0 bridgehead atoms. The summed E-state index contributed by atoms with van der Waals surface area (Å²) in [5, 5.41) is 17.8. The topological polar surface area (TPSA) is 114 Å². The Morgan fingerprint density at radius 2 is 2.23 bits per heavy atom. The Labute approximate surface area is 149 Å². The lowest BCUT2D eigenvalue weighted by Gasteiger charge is -2.17. The highest BCUT2D eigenvalue weighted by atomic mass is 16.5. The highest BCUT2D eigenvalue weighted by Crippen LogP contribution is 2.27. The van der Waals surface area contributed by atoms with Crippen LogP contribution in [0.3, 0.4) is 0 Å². The van der Waals surface area contributed by atoms with E-state index in [4.69, 9.17) is 4.74 Å². The fourth-order valence-corrected chi connectivity index (χ4v) is 3.01. The van der Waals surface area contributed by atoms with Crippen molar-refractivity contribution in [3.05, 3.63) is 56.6 Å². The van der Waals surface area contributed by atoms with Crippen LogP contribution in [-0.4, -0.2) is 43.2 Å². The van der Waals surface area contributed by atoms with E-state index in [2.05, 4.69) is 22.0 Å². The molecule has 0 aliphatic carbocycles. The van der Waals surface area contributed by atoms with Gasteiger partial charge < -0.3 is 15.2 Å². The van der Waals surface area contributed by atoms with Crippen LogP contribution >= 0.6 is 0 Å². The van der Waals surface area contributed by atoms with Gasteiger partial charge in [-0.3, -0.25) is 14.3 Å². The molecule has 140 valence electrons. The molecule has 3 N–H and O–H groups in total. The number of aromatic nitrogens is 4. The molecule has 0 unspecified atom stereocenters. The Bertz CT molecular complexity index is 913. The zero-order valence-electron chi connectivity index (χ0n) is 14.8. The van der Waals surface area contributed by atoms with E-state index in [0.29, 0.717) is 18.7 Å². The molecule has 2 aromatic rings. The summed E-state index contributed by atoms with van der Waals surface area (Å²) < 4.78 is 8.79. The summed E-state index contributed by atoms with van der Waals surface area (Å²) in [4.78, 5) is 25.7. The molecule has 26 heavy (non-hydrogen) atoms. The van der Waals surface area contributed by atoms with Gasteiger partial charge in [0.15, 0.2) is 0 Å². The first-order valence-corrected chi connectivity index (χ1v) is 8.42. The fraction of sp³-hybridized carbons (Fsp3) is 0.471. The fourth-order valence-electron chi connectivity index (χ4n) is 3.01. The van der Waals surface area contributed by atoms with Crippen molar-refractivity contribution in [3.8, 4) is 0 Å². The van der Waals surface area contributed by atoms with Crippen LogP contribution in [0.4, 0.5) is 0 Å². The second kappa shape index (κ2) is 7.40. The molecule has 9 nitrogen and oxygen atoms in total. The summed E-state index contributed by atoms with van der Waals surface area (Å²) in [5.74, 6) is 0. The molecule has 9 heteroatoms. The number of ether oxygens (including phenoxy) is 1. The molecular weight excluding hydrogens is 338 g/mol. The Morgan fingerprint density at radius 3 is 2.92 bits per heavy atom. The normalized spacial score (nSPS) is 22.7. The van der Waals surface area contributed by atoms with Gasteiger partial charge in [-0.05, 0) is 13.8 Å². The third-order valence-electron chi connectivity index (χ3n) is 4.53. The van der Waals surface area contributed by atoms with E-state index in [-0.39, 0.29) is 6.42 Å². The number of aliphatic hydroxyl groups is 1. The first-order valence-electron chi connectivity index (χ1n) is 8.42. The molecular formula is C17H23N5O4. The van der Waals surface area contributed by atoms with E-state index in [9.17, 15) is 14.7 Å². The predicted molar refractivity (Wildman–Crippen MR) is 95.7 cm³/mol. The number of H-pyrrole nitrogens is 1. The van der Waals surface area contributed by atoms with Crippen LogP contribution in [-0.2, 0) is 11.3 Å². The van der Waals surface area contributed by atoms with Crippen LogP contribution in [0, 0.1) is 13.8 Å². The SMILES string of the molecule is C=Cn1cc(CNC[C@H]2O[C@@H](n3cc(C)c(=O)[nH]c3=O)C[C@@H]2O)c(C)n1. The van der Waals surface area contributed by atoms with Gasteiger partial charge in [0.05, 0.1) is 17.9 Å². The molecule has 3 atom stereocenters.